The Kier molecular flexibility index (Phi) is 1.76. The molecule has 78 valence electrons. The third-order valence-corrected chi connectivity index (χ3v) is 4.30. The highest BCUT2D eigenvalue weighted by atomic mass is 16.5. The van der Waals surface area contributed by atoms with Crippen molar-refractivity contribution in [1.29, 1.82) is 5.41 Å². The lowest BCUT2D eigenvalue weighted by atomic mass is 9.64. The van der Waals surface area contributed by atoms with Crippen molar-refractivity contribution in [2.24, 2.45) is 11.8 Å². The highest BCUT2D eigenvalue weighted by Gasteiger charge is 2.48. The molecule has 4 rings (SSSR count). The van der Waals surface area contributed by atoms with E-state index in [1.807, 2.05) is 0 Å². The summed E-state index contributed by atoms with van der Waals surface area (Å²) in [4.78, 5) is 2.24. The van der Waals surface area contributed by atoms with Crippen LogP contribution in [0.3, 0.4) is 0 Å². The summed E-state index contributed by atoms with van der Waals surface area (Å²) in [6, 6.07) is 1.65. The molecule has 4 bridgehead atoms. The molecule has 0 aromatic rings. The van der Waals surface area contributed by atoms with E-state index in [1.54, 1.807) is 7.11 Å². The van der Waals surface area contributed by atoms with E-state index >= 15 is 0 Å². The summed E-state index contributed by atoms with van der Waals surface area (Å²) in [6.07, 6.45) is 6.68. The van der Waals surface area contributed by atoms with Gasteiger partial charge in [-0.2, -0.15) is 0 Å². The summed E-state index contributed by atoms with van der Waals surface area (Å²) in [7, 11) is 1.62. The van der Waals surface area contributed by atoms with E-state index in [0.29, 0.717) is 18.1 Å². The van der Waals surface area contributed by atoms with Gasteiger partial charge in [-0.25, -0.2) is 0 Å². The number of nitrogens with one attached hydrogen (secondary N) is 1. The van der Waals surface area contributed by atoms with Gasteiger partial charge in [0.05, 0.1) is 7.11 Å². The van der Waals surface area contributed by atoms with E-state index in [0.717, 1.165) is 11.8 Å². The van der Waals surface area contributed by atoms with E-state index in [-0.39, 0.29) is 0 Å². The first-order chi connectivity index (χ1) is 6.78. The minimum atomic E-state index is 0.402. The standard InChI is InChI=1S/C11H18N2O/c1-14-11(12)13-9-3-7-2-8(5-9)6-10(13)4-7/h7-10,12H,2-6H2,1H3. The first-order valence-corrected chi connectivity index (χ1v) is 5.68. The average molecular weight is 194 g/mol. The quantitative estimate of drug-likeness (QED) is 0.472. The Hall–Kier alpha value is -0.730. The number of methoxy groups -OCH3 is 1. The van der Waals surface area contributed by atoms with Crippen LogP contribution in [0.2, 0.25) is 0 Å². The topological polar surface area (TPSA) is 36.3 Å². The molecule has 3 heteroatoms. The summed E-state index contributed by atoms with van der Waals surface area (Å²) < 4.78 is 5.09. The molecule has 14 heavy (non-hydrogen) atoms. The molecule has 0 aromatic heterocycles. The summed E-state index contributed by atoms with van der Waals surface area (Å²) in [5.41, 5.74) is 0. The Bertz CT molecular complexity index is 236. The molecule has 0 aromatic carbocycles. The van der Waals surface area contributed by atoms with Gasteiger partial charge < -0.3 is 9.64 Å². The Labute approximate surface area is 84.9 Å². The normalized spacial score (nSPS) is 44.2. The van der Waals surface area contributed by atoms with Gasteiger partial charge in [-0.1, -0.05) is 0 Å². The van der Waals surface area contributed by atoms with Crippen LogP contribution < -0.4 is 0 Å². The summed E-state index contributed by atoms with van der Waals surface area (Å²) >= 11 is 0. The zero-order valence-electron chi connectivity index (χ0n) is 8.70. The molecule has 2 saturated heterocycles. The molecule has 2 aliphatic heterocycles. The molecule has 2 heterocycles. The molecule has 4 fully saturated rings. The van der Waals surface area contributed by atoms with E-state index < -0.39 is 0 Å². The van der Waals surface area contributed by atoms with Gasteiger partial charge in [0.1, 0.15) is 0 Å². The zero-order chi connectivity index (χ0) is 9.71. The maximum atomic E-state index is 7.81. The third-order valence-electron chi connectivity index (χ3n) is 4.30. The molecule has 0 radical (unpaired) electrons. The van der Waals surface area contributed by atoms with Crippen LogP contribution >= 0.6 is 0 Å². The third kappa shape index (κ3) is 1.07. The van der Waals surface area contributed by atoms with Crippen molar-refractivity contribution in [1.82, 2.24) is 4.90 Å². The molecule has 3 nitrogen and oxygen atoms in total. The van der Waals surface area contributed by atoms with E-state index in [1.165, 1.54) is 32.1 Å². The fourth-order valence-corrected chi connectivity index (χ4v) is 3.97. The first-order valence-electron chi connectivity index (χ1n) is 5.68. The highest BCUT2D eigenvalue weighted by Crippen LogP contribution is 2.49. The molecule has 2 aliphatic carbocycles. The number of nitrogens with zero attached hydrogens (tertiary/aromatic N) is 1. The molecule has 0 amide bonds. The van der Waals surface area contributed by atoms with Crippen molar-refractivity contribution in [3.63, 3.8) is 0 Å². The van der Waals surface area contributed by atoms with E-state index in [9.17, 15) is 0 Å². The molecular weight excluding hydrogens is 176 g/mol. The second-order valence-corrected chi connectivity index (χ2v) is 5.13. The number of piperidine rings is 2. The van der Waals surface area contributed by atoms with Crippen LogP contribution in [0.25, 0.3) is 0 Å². The molecule has 0 spiro atoms. The Morgan fingerprint density at radius 3 is 2.00 bits per heavy atom. The molecule has 0 atom stereocenters. The van der Waals surface area contributed by atoms with Crippen LogP contribution in [-0.4, -0.2) is 30.1 Å². The van der Waals surface area contributed by atoms with Gasteiger partial charge in [0.15, 0.2) is 0 Å². The van der Waals surface area contributed by atoms with Crippen LogP contribution in [0.4, 0.5) is 0 Å². The molecule has 0 unspecified atom stereocenters. The highest BCUT2D eigenvalue weighted by molar-refractivity contribution is 5.71. The molecule has 4 aliphatic rings. The summed E-state index contributed by atoms with van der Waals surface area (Å²) in [5.74, 6) is 1.91. The maximum Gasteiger partial charge on any atom is 0.284 e. The van der Waals surface area contributed by atoms with Crippen LogP contribution in [0.1, 0.15) is 32.1 Å². The van der Waals surface area contributed by atoms with Crippen molar-refractivity contribution in [3.05, 3.63) is 0 Å². The first kappa shape index (κ1) is 8.57. The van der Waals surface area contributed by atoms with Gasteiger partial charge >= 0.3 is 0 Å². The lowest BCUT2D eigenvalue weighted by Crippen LogP contribution is -2.60. The summed E-state index contributed by atoms with van der Waals surface area (Å²) in [6.45, 7) is 0. The van der Waals surface area contributed by atoms with Crippen LogP contribution in [0.15, 0.2) is 0 Å². The molecule has 2 saturated carbocycles. The maximum absolute atomic E-state index is 7.81. The SMILES string of the molecule is COC(=N)N1C2CC3CC(C2)CC1C3. The average Bonchev–Trinajstić information content (AvgIpc) is 2.15. The Morgan fingerprint density at radius 2 is 1.57 bits per heavy atom. The van der Waals surface area contributed by atoms with Gasteiger partial charge in [0, 0.05) is 12.1 Å². The van der Waals surface area contributed by atoms with Crippen molar-refractivity contribution >= 4 is 6.02 Å². The van der Waals surface area contributed by atoms with E-state index in [4.69, 9.17) is 10.1 Å². The smallest absolute Gasteiger partial charge is 0.284 e. The summed E-state index contributed by atoms with van der Waals surface area (Å²) in [5, 5.41) is 7.81. The van der Waals surface area contributed by atoms with Crippen LogP contribution in [0.5, 0.6) is 0 Å². The fraction of sp³-hybridized carbons (Fsp3) is 0.909. The number of rotatable bonds is 0. The zero-order valence-corrected chi connectivity index (χ0v) is 8.70. The number of ether oxygens (including phenoxy) is 1. The van der Waals surface area contributed by atoms with Gasteiger partial charge in [0.25, 0.3) is 6.02 Å². The monoisotopic (exact) mass is 194 g/mol. The molecular formula is C11H18N2O. The Balaban J connectivity index is 1.84. The second-order valence-electron chi connectivity index (χ2n) is 5.13. The largest absolute Gasteiger partial charge is 0.469 e. The lowest BCUT2D eigenvalue weighted by Gasteiger charge is -2.56. The number of hydrogen-bond donors (Lipinski definition) is 1. The lowest BCUT2D eigenvalue weighted by molar-refractivity contribution is -0.0287. The second kappa shape index (κ2) is 2.88. The molecule has 1 N–H and O–H groups in total. The van der Waals surface area contributed by atoms with Gasteiger partial charge in [-0.3, -0.25) is 5.41 Å². The number of hydrogen-bond acceptors (Lipinski definition) is 2. The van der Waals surface area contributed by atoms with E-state index in [2.05, 4.69) is 4.90 Å². The van der Waals surface area contributed by atoms with Crippen molar-refractivity contribution in [3.8, 4) is 0 Å². The van der Waals surface area contributed by atoms with Crippen molar-refractivity contribution in [2.45, 2.75) is 44.2 Å². The minimum Gasteiger partial charge on any atom is -0.469 e. The minimum absolute atomic E-state index is 0.402. The predicted molar refractivity (Wildman–Crippen MR) is 54.2 cm³/mol. The van der Waals surface area contributed by atoms with Crippen molar-refractivity contribution < 1.29 is 4.74 Å². The fourth-order valence-electron chi connectivity index (χ4n) is 3.97. The number of amidine groups is 1. The Morgan fingerprint density at radius 1 is 1.07 bits per heavy atom. The van der Waals surface area contributed by atoms with Crippen LogP contribution in [-0.2, 0) is 4.74 Å². The van der Waals surface area contributed by atoms with Gasteiger partial charge in [-0.05, 0) is 43.9 Å². The van der Waals surface area contributed by atoms with Gasteiger partial charge in [0.2, 0.25) is 0 Å². The van der Waals surface area contributed by atoms with Crippen molar-refractivity contribution in [2.75, 3.05) is 7.11 Å². The predicted octanol–water partition coefficient (Wildman–Crippen LogP) is 1.83. The van der Waals surface area contributed by atoms with Crippen LogP contribution in [0, 0.1) is 17.2 Å². The van der Waals surface area contributed by atoms with Gasteiger partial charge in [-0.15, -0.1) is 0 Å².